The van der Waals surface area contributed by atoms with Crippen LogP contribution in [0.15, 0.2) is 22.5 Å². The summed E-state index contributed by atoms with van der Waals surface area (Å²) in [6.07, 6.45) is 2.66. The smallest absolute Gasteiger partial charge is 0.250 e. The fourth-order valence-electron chi connectivity index (χ4n) is 1.42. The minimum absolute atomic E-state index is 0.188. The average molecular weight is 348 g/mol. The van der Waals surface area contributed by atoms with E-state index in [1.165, 1.54) is 17.4 Å². The topological polar surface area (TPSA) is 85.1 Å². The first kappa shape index (κ1) is 15.5. The van der Waals surface area contributed by atoms with E-state index >= 15 is 0 Å². The molecule has 0 aliphatic rings. The van der Waals surface area contributed by atoms with Crippen LogP contribution >= 0.6 is 34.9 Å². The molecule has 0 aliphatic carbocycles. The van der Waals surface area contributed by atoms with Gasteiger partial charge < -0.3 is 5.73 Å². The van der Waals surface area contributed by atoms with Gasteiger partial charge in [0.05, 0.1) is 11.4 Å². The number of nitrogens with one attached hydrogen (secondary N) is 1. The molecule has 0 aliphatic heterocycles. The number of hydrogen-bond acceptors (Lipinski definition) is 6. The molecule has 2 aromatic rings. The van der Waals surface area contributed by atoms with Crippen LogP contribution < -0.4 is 10.5 Å². The van der Waals surface area contributed by atoms with E-state index < -0.39 is 10.0 Å². The van der Waals surface area contributed by atoms with Crippen LogP contribution in [0.2, 0.25) is 0 Å². The molecule has 3 N–H and O–H groups in total. The van der Waals surface area contributed by atoms with Crippen molar-refractivity contribution < 1.29 is 8.42 Å². The van der Waals surface area contributed by atoms with Crippen molar-refractivity contribution >= 4 is 49.9 Å². The molecule has 2 rings (SSSR count). The van der Waals surface area contributed by atoms with Crippen molar-refractivity contribution in [3.63, 3.8) is 0 Å². The predicted molar refractivity (Wildman–Crippen MR) is 85.7 cm³/mol. The highest BCUT2D eigenvalue weighted by molar-refractivity contribution is 7.91. The van der Waals surface area contributed by atoms with Gasteiger partial charge in [0.1, 0.15) is 14.2 Å². The Hall–Kier alpha value is -0.870. The molecule has 0 radical (unpaired) electrons. The Balaban J connectivity index is 2.08. The number of nitrogens with zero attached hydrogens (tertiary/aromatic N) is 1. The van der Waals surface area contributed by atoms with Crippen LogP contribution in [0.4, 0.5) is 0 Å². The van der Waals surface area contributed by atoms with E-state index in [0.717, 1.165) is 27.6 Å². The third kappa shape index (κ3) is 3.61. The fourth-order valence-corrected chi connectivity index (χ4v) is 4.70. The number of thiazole rings is 1. The van der Waals surface area contributed by atoms with Crippen LogP contribution in [0.5, 0.6) is 0 Å². The minimum Gasteiger partial charge on any atom is -0.389 e. The van der Waals surface area contributed by atoms with E-state index in [2.05, 4.69) is 9.71 Å². The molecule has 0 saturated heterocycles. The maximum atomic E-state index is 12.1. The molecule has 5 nitrogen and oxygen atoms in total. The number of aromatic nitrogens is 1. The molecular weight excluding hydrogens is 334 g/mol. The first-order chi connectivity index (χ1) is 9.42. The van der Waals surface area contributed by atoms with Gasteiger partial charge in [0.25, 0.3) is 0 Å². The molecule has 2 aromatic heterocycles. The van der Waals surface area contributed by atoms with Crippen molar-refractivity contribution in [2.45, 2.75) is 24.1 Å². The van der Waals surface area contributed by atoms with E-state index in [-0.39, 0.29) is 15.7 Å². The van der Waals surface area contributed by atoms with Crippen molar-refractivity contribution in [2.75, 3.05) is 0 Å². The van der Waals surface area contributed by atoms with E-state index in [9.17, 15) is 8.42 Å². The molecule has 0 spiro atoms. The number of aryl methyl sites for hydroxylation is 1. The van der Waals surface area contributed by atoms with Gasteiger partial charge in [-0.15, -0.1) is 22.7 Å². The summed E-state index contributed by atoms with van der Waals surface area (Å²) in [5, 5.41) is 0.747. The fraction of sp³-hybridized carbons (Fsp3) is 0.273. The van der Waals surface area contributed by atoms with E-state index in [1.54, 1.807) is 12.3 Å². The molecule has 0 aromatic carbocycles. The number of rotatable bonds is 6. The zero-order valence-electron chi connectivity index (χ0n) is 10.6. The lowest BCUT2D eigenvalue weighted by molar-refractivity contribution is 0.583. The molecule has 0 unspecified atom stereocenters. The first-order valence-corrected chi connectivity index (χ1v) is 9.27. The van der Waals surface area contributed by atoms with Gasteiger partial charge in [-0.05, 0) is 18.6 Å². The molecule has 0 amide bonds. The number of thiocarbonyl (C=S) groups is 1. The Labute approximate surface area is 130 Å². The van der Waals surface area contributed by atoms with E-state index in [1.807, 2.05) is 6.92 Å². The summed E-state index contributed by atoms with van der Waals surface area (Å²) >= 11 is 7.38. The van der Waals surface area contributed by atoms with Gasteiger partial charge in [0, 0.05) is 11.1 Å². The lowest BCUT2D eigenvalue weighted by atomic mass is 10.4. The van der Waals surface area contributed by atoms with Gasteiger partial charge in [-0.2, -0.15) is 0 Å². The minimum atomic E-state index is -3.55. The first-order valence-electron chi connectivity index (χ1n) is 5.75. The Morgan fingerprint density at radius 1 is 1.45 bits per heavy atom. The standard InChI is InChI=1S/C11H13N3O2S4/c1-2-7-5-13-9(18-7)6-14-20(15,16)10-4-3-8(19-10)11(12)17/h3-5,14H,2,6H2,1H3,(H2,12,17). The summed E-state index contributed by atoms with van der Waals surface area (Å²) in [5.74, 6) is 0. The zero-order chi connectivity index (χ0) is 14.8. The highest BCUT2D eigenvalue weighted by Crippen LogP contribution is 2.22. The van der Waals surface area contributed by atoms with E-state index in [0.29, 0.717) is 4.88 Å². The van der Waals surface area contributed by atoms with Gasteiger partial charge in [-0.1, -0.05) is 19.1 Å². The number of thiophene rings is 1. The molecule has 9 heteroatoms. The molecule has 108 valence electrons. The van der Waals surface area contributed by atoms with Crippen LogP contribution in [-0.2, 0) is 23.0 Å². The Morgan fingerprint density at radius 3 is 2.75 bits per heavy atom. The second kappa shape index (κ2) is 6.27. The number of sulfonamides is 1. The van der Waals surface area contributed by atoms with Crippen molar-refractivity contribution in [1.82, 2.24) is 9.71 Å². The molecule has 0 bridgehead atoms. The van der Waals surface area contributed by atoms with Gasteiger partial charge in [0.2, 0.25) is 10.0 Å². The Morgan fingerprint density at radius 2 is 2.20 bits per heavy atom. The lowest BCUT2D eigenvalue weighted by Gasteiger charge is -2.02. The van der Waals surface area contributed by atoms with Gasteiger partial charge in [-0.3, -0.25) is 0 Å². The van der Waals surface area contributed by atoms with Gasteiger partial charge >= 0.3 is 0 Å². The van der Waals surface area contributed by atoms with Crippen LogP contribution in [0.25, 0.3) is 0 Å². The highest BCUT2D eigenvalue weighted by Gasteiger charge is 2.17. The molecule has 0 fully saturated rings. The van der Waals surface area contributed by atoms with Crippen LogP contribution in [0.1, 0.15) is 21.7 Å². The number of hydrogen-bond donors (Lipinski definition) is 2. The van der Waals surface area contributed by atoms with Crippen molar-refractivity contribution in [3.8, 4) is 0 Å². The van der Waals surface area contributed by atoms with Gasteiger partial charge in [0.15, 0.2) is 0 Å². The van der Waals surface area contributed by atoms with E-state index in [4.69, 9.17) is 18.0 Å². The molecular formula is C11H13N3O2S4. The predicted octanol–water partition coefficient (Wildman–Crippen LogP) is 1.88. The Bertz CT molecular complexity index is 718. The SMILES string of the molecule is CCc1cnc(CNS(=O)(=O)c2ccc(C(N)=S)s2)s1. The van der Waals surface area contributed by atoms with Crippen LogP contribution in [-0.4, -0.2) is 18.4 Å². The lowest BCUT2D eigenvalue weighted by Crippen LogP contribution is -2.22. The second-order valence-corrected chi connectivity index (χ2v) is 8.60. The second-order valence-electron chi connectivity index (χ2n) is 3.88. The van der Waals surface area contributed by atoms with Crippen LogP contribution in [0, 0.1) is 0 Å². The van der Waals surface area contributed by atoms with Gasteiger partial charge in [-0.25, -0.2) is 18.1 Å². The third-order valence-corrected chi connectivity index (χ3v) is 6.95. The maximum absolute atomic E-state index is 12.1. The summed E-state index contributed by atoms with van der Waals surface area (Å²) in [4.78, 5) is 6.09. The molecule has 2 heterocycles. The van der Waals surface area contributed by atoms with Crippen molar-refractivity contribution in [2.24, 2.45) is 5.73 Å². The largest absolute Gasteiger partial charge is 0.389 e. The Kier molecular flexibility index (Phi) is 4.86. The summed E-state index contributed by atoms with van der Waals surface area (Å²) < 4.78 is 26.9. The summed E-state index contributed by atoms with van der Waals surface area (Å²) in [5.41, 5.74) is 5.47. The normalized spacial score (nSPS) is 11.7. The summed E-state index contributed by atoms with van der Waals surface area (Å²) in [7, 11) is -3.55. The highest BCUT2D eigenvalue weighted by atomic mass is 32.2. The van der Waals surface area contributed by atoms with Crippen molar-refractivity contribution in [3.05, 3.63) is 33.1 Å². The summed E-state index contributed by atoms with van der Waals surface area (Å²) in [6, 6.07) is 3.11. The molecule has 0 atom stereocenters. The quantitative estimate of drug-likeness (QED) is 0.779. The maximum Gasteiger partial charge on any atom is 0.250 e. The summed E-state index contributed by atoms with van der Waals surface area (Å²) in [6.45, 7) is 2.22. The monoisotopic (exact) mass is 347 g/mol. The van der Waals surface area contributed by atoms with Crippen molar-refractivity contribution in [1.29, 1.82) is 0 Å². The molecule has 20 heavy (non-hydrogen) atoms. The molecule has 0 saturated carbocycles. The van der Waals surface area contributed by atoms with Crippen LogP contribution in [0.3, 0.4) is 0 Å². The zero-order valence-corrected chi connectivity index (χ0v) is 13.9. The number of nitrogens with two attached hydrogens (primary N) is 1. The third-order valence-electron chi connectivity index (χ3n) is 2.45. The average Bonchev–Trinajstić information content (AvgIpc) is 3.05.